The minimum Gasteiger partial charge on any atom is -0.478 e. The lowest BCUT2D eigenvalue weighted by Crippen LogP contribution is -2.25. The van der Waals surface area contributed by atoms with E-state index in [0.717, 1.165) is 36.4 Å². The number of hydrogen-bond acceptors (Lipinski definition) is 2. The molecule has 2 fully saturated rings. The summed E-state index contributed by atoms with van der Waals surface area (Å²) >= 11 is 0. The predicted octanol–water partition coefficient (Wildman–Crippen LogP) is 2.91. The Hall–Kier alpha value is -1.35. The summed E-state index contributed by atoms with van der Waals surface area (Å²) in [4.78, 5) is 10.8. The highest BCUT2D eigenvalue weighted by Gasteiger charge is 2.40. The molecule has 0 aliphatic heterocycles. The Bertz CT molecular complexity index is 434. The van der Waals surface area contributed by atoms with Crippen molar-refractivity contribution < 1.29 is 9.90 Å². The fourth-order valence-electron chi connectivity index (χ4n) is 2.92. The molecule has 2 N–H and O–H groups in total. The zero-order chi connectivity index (χ0) is 13.2. The molecule has 3 nitrogen and oxygen atoms in total. The molecular weight excluding hydrogens is 238 g/mol. The van der Waals surface area contributed by atoms with E-state index in [0.29, 0.717) is 5.56 Å². The van der Waals surface area contributed by atoms with Gasteiger partial charge >= 0.3 is 5.97 Å². The van der Waals surface area contributed by atoms with Gasteiger partial charge in [0.25, 0.3) is 0 Å². The fourth-order valence-corrected chi connectivity index (χ4v) is 2.92. The molecular formula is C16H21NO2. The molecule has 2 aliphatic rings. The van der Waals surface area contributed by atoms with Crippen LogP contribution >= 0.6 is 0 Å². The van der Waals surface area contributed by atoms with E-state index in [1.165, 1.54) is 25.7 Å². The quantitative estimate of drug-likeness (QED) is 0.791. The van der Waals surface area contributed by atoms with Crippen molar-refractivity contribution in [1.82, 2.24) is 5.32 Å². The molecule has 0 bridgehead atoms. The second-order valence-electron chi connectivity index (χ2n) is 5.97. The number of carboxylic acid groups (broad SMARTS) is 1. The summed E-state index contributed by atoms with van der Waals surface area (Å²) in [6.07, 6.45) is 5.71. The summed E-state index contributed by atoms with van der Waals surface area (Å²) in [7, 11) is 0. The van der Waals surface area contributed by atoms with Gasteiger partial charge in [0.1, 0.15) is 0 Å². The average molecular weight is 259 g/mol. The van der Waals surface area contributed by atoms with Gasteiger partial charge in [0, 0.05) is 6.54 Å². The second kappa shape index (κ2) is 5.33. The second-order valence-corrected chi connectivity index (χ2v) is 5.97. The van der Waals surface area contributed by atoms with Crippen LogP contribution in [-0.2, 0) is 6.54 Å². The Morgan fingerprint density at radius 3 is 2.21 bits per heavy atom. The smallest absolute Gasteiger partial charge is 0.335 e. The van der Waals surface area contributed by atoms with Gasteiger partial charge in [-0.3, -0.25) is 0 Å². The monoisotopic (exact) mass is 259 g/mol. The van der Waals surface area contributed by atoms with Crippen molar-refractivity contribution >= 4 is 5.97 Å². The van der Waals surface area contributed by atoms with Crippen LogP contribution < -0.4 is 5.32 Å². The lowest BCUT2D eigenvalue weighted by atomic mass is 9.98. The zero-order valence-corrected chi connectivity index (χ0v) is 11.1. The highest BCUT2D eigenvalue weighted by molar-refractivity contribution is 5.87. The average Bonchev–Trinajstić information content (AvgIpc) is 3.28. The van der Waals surface area contributed by atoms with Crippen molar-refractivity contribution in [2.45, 2.75) is 32.2 Å². The molecule has 0 unspecified atom stereocenters. The Morgan fingerprint density at radius 1 is 1.16 bits per heavy atom. The maximum Gasteiger partial charge on any atom is 0.335 e. The minimum atomic E-state index is -0.859. The molecule has 1 aromatic rings. The molecule has 0 atom stereocenters. The van der Waals surface area contributed by atoms with Crippen molar-refractivity contribution in [2.75, 3.05) is 6.54 Å². The molecule has 102 valence electrons. The molecule has 0 saturated heterocycles. The van der Waals surface area contributed by atoms with Gasteiger partial charge in [-0.1, -0.05) is 12.1 Å². The Balaban J connectivity index is 1.47. The number of rotatable bonds is 7. The number of nitrogens with one attached hydrogen (secondary N) is 1. The van der Waals surface area contributed by atoms with Crippen LogP contribution in [0.2, 0.25) is 0 Å². The van der Waals surface area contributed by atoms with E-state index in [4.69, 9.17) is 5.11 Å². The van der Waals surface area contributed by atoms with Crippen LogP contribution in [0.25, 0.3) is 0 Å². The molecule has 0 radical (unpaired) electrons. The fraction of sp³-hybridized carbons (Fsp3) is 0.562. The van der Waals surface area contributed by atoms with Crippen molar-refractivity contribution in [3.05, 3.63) is 35.4 Å². The highest BCUT2D eigenvalue weighted by Crippen LogP contribution is 2.48. The minimum absolute atomic E-state index is 0.359. The van der Waals surface area contributed by atoms with Gasteiger partial charge in [0.05, 0.1) is 5.56 Å². The van der Waals surface area contributed by atoms with Crippen LogP contribution in [0.3, 0.4) is 0 Å². The molecule has 3 rings (SSSR count). The standard InChI is InChI=1S/C16H21NO2/c18-16(19)14-3-1-11(2-4-14)9-17-10-15(12-5-6-12)13-7-8-13/h1-4,12-13,15,17H,5-10H2,(H,18,19). The third-order valence-electron chi connectivity index (χ3n) is 4.37. The summed E-state index contributed by atoms with van der Waals surface area (Å²) < 4.78 is 0. The van der Waals surface area contributed by atoms with Gasteiger partial charge in [0.15, 0.2) is 0 Å². The summed E-state index contributed by atoms with van der Waals surface area (Å²) in [6.45, 7) is 1.96. The number of carbonyl (C=O) groups is 1. The van der Waals surface area contributed by atoms with Crippen LogP contribution in [0, 0.1) is 17.8 Å². The summed E-state index contributed by atoms with van der Waals surface area (Å²) in [6, 6.07) is 7.16. The van der Waals surface area contributed by atoms with Crippen molar-refractivity contribution in [2.24, 2.45) is 17.8 Å². The summed E-state index contributed by atoms with van der Waals surface area (Å²) in [5.74, 6) is 1.99. The van der Waals surface area contributed by atoms with Gasteiger partial charge in [0.2, 0.25) is 0 Å². The first kappa shape index (κ1) is 12.7. The van der Waals surface area contributed by atoms with E-state index < -0.39 is 5.97 Å². The maximum absolute atomic E-state index is 10.8. The van der Waals surface area contributed by atoms with E-state index in [-0.39, 0.29) is 0 Å². The third-order valence-corrected chi connectivity index (χ3v) is 4.37. The van der Waals surface area contributed by atoms with Gasteiger partial charge in [-0.15, -0.1) is 0 Å². The SMILES string of the molecule is O=C(O)c1ccc(CNCC(C2CC2)C2CC2)cc1. The van der Waals surface area contributed by atoms with Crippen LogP contribution in [0.5, 0.6) is 0 Å². The van der Waals surface area contributed by atoms with Gasteiger partial charge in [-0.2, -0.15) is 0 Å². The first-order valence-corrected chi connectivity index (χ1v) is 7.27. The first-order chi connectivity index (χ1) is 9.24. The molecule has 1 aromatic carbocycles. The Labute approximate surface area is 114 Å². The molecule has 0 aromatic heterocycles. The maximum atomic E-state index is 10.8. The zero-order valence-electron chi connectivity index (χ0n) is 11.1. The molecule has 0 amide bonds. The molecule has 0 spiro atoms. The number of hydrogen-bond donors (Lipinski definition) is 2. The number of aromatic carboxylic acids is 1. The topological polar surface area (TPSA) is 49.3 Å². The normalized spacial score (nSPS) is 18.8. The van der Waals surface area contributed by atoms with Crippen molar-refractivity contribution in [3.8, 4) is 0 Å². The Morgan fingerprint density at radius 2 is 1.74 bits per heavy atom. The van der Waals surface area contributed by atoms with Crippen LogP contribution in [0.4, 0.5) is 0 Å². The van der Waals surface area contributed by atoms with Gasteiger partial charge < -0.3 is 10.4 Å². The van der Waals surface area contributed by atoms with E-state index in [9.17, 15) is 4.79 Å². The van der Waals surface area contributed by atoms with Crippen LogP contribution in [0.15, 0.2) is 24.3 Å². The molecule has 19 heavy (non-hydrogen) atoms. The Kier molecular flexibility index (Phi) is 3.56. The van der Waals surface area contributed by atoms with E-state index in [1.807, 2.05) is 12.1 Å². The highest BCUT2D eigenvalue weighted by atomic mass is 16.4. The van der Waals surface area contributed by atoms with E-state index in [2.05, 4.69) is 5.32 Å². The lowest BCUT2D eigenvalue weighted by Gasteiger charge is -2.16. The third kappa shape index (κ3) is 3.35. The van der Waals surface area contributed by atoms with Crippen molar-refractivity contribution in [1.29, 1.82) is 0 Å². The largest absolute Gasteiger partial charge is 0.478 e. The molecule has 2 saturated carbocycles. The van der Waals surface area contributed by atoms with Crippen LogP contribution in [-0.4, -0.2) is 17.6 Å². The van der Waals surface area contributed by atoms with Crippen molar-refractivity contribution in [3.63, 3.8) is 0 Å². The molecule has 0 heterocycles. The van der Waals surface area contributed by atoms with Gasteiger partial charge in [-0.25, -0.2) is 4.79 Å². The summed E-state index contributed by atoms with van der Waals surface area (Å²) in [5.41, 5.74) is 1.52. The summed E-state index contributed by atoms with van der Waals surface area (Å²) in [5, 5.41) is 12.4. The predicted molar refractivity (Wildman–Crippen MR) is 74.0 cm³/mol. The van der Waals surface area contributed by atoms with E-state index >= 15 is 0 Å². The first-order valence-electron chi connectivity index (χ1n) is 7.27. The van der Waals surface area contributed by atoms with Gasteiger partial charge in [-0.05, 0) is 67.7 Å². The molecule has 3 heteroatoms. The van der Waals surface area contributed by atoms with Crippen LogP contribution in [0.1, 0.15) is 41.6 Å². The lowest BCUT2D eigenvalue weighted by molar-refractivity contribution is 0.0697. The number of benzene rings is 1. The van der Waals surface area contributed by atoms with E-state index in [1.54, 1.807) is 12.1 Å². The number of carboxylic acids is 1. The molecule has 2 aliphatic carbocycles.